The quantitative estimate of drug-likeness (QED) is 0.582. The predicted molar refractivity (Wildman–Crippen MR) is 36.4 cm³/mol. The Morgan fingerprint density at radius 3 is 3.20 bits per heavy atom. The molecule has 6 heteroatoms. The number of rotatable bonds is 0. The van der Waals surface area contributed by atoms with Crippen molar-refractivity contribution in [2.45, 2.75) is 5.16 Å². The van der Waals surface area contributed by atoms with Gasteiger partial charge in [0.15, 0.2) is 5.16 Å². The lowest BCUT2D eigenvalue weighted by Gasteiger charge is -1.83. The average Bonchev–Trinajstić information content (AvgIpc) is 2.35. The summed E-state index contributed by atoms with van der Waals surface area (Å²) in [4.78, 5) is 14.7. The third-order valence-corrected chi connectivity index (χ3v) is 2.19. The highest BCUT2D eigenvalue weighted by molar-refractivity contribution is 8.00. The average molecular weight is 176 g/mol. The first-order chi connectivity index (χ1) is 4.77. The standard InChI is InChI=1S/C4H2ClN3OS/c5-3-6-4-8(7-3)2(9)1-10-4/h1H2. The van der Waals surface area contributed by atoms with E-state index >= 15 is 0 Å². The molecule has 0 spiro atoms. The van der Waals surface area contributed by atoms with E-state index in [2.05, 4.69) is 10.1 Å². The van der Waals surface area contributed by atoms with Crippen LogP contribution in [0.25, 0.3) is 0 Å². The molecule has 0 aliphatic carbocycles. The maximum Gasteiger partial charge on any atom is 0.259 e. The maximum atomic E-state index is 10.9. The first kappa shape index (κ1) is 6.18. The zero-order valence-electron chi connectivity index (χ0n) is 4.74. The molecule has 0 aromatic carbocycles. The van der Waals surface area contributed by atoms with Gasteiger partial charge in [0.25, 0.3) is 5.91 Å². The molecule has 0 N–H and O–H groups in total. The van der Waals surface area contributed by atoms with Crippen molar-refractivity contribution in [2.24, 2.45) is 0 Å². The molecule has 2 heterocycles. The highest BCUT2D eigenvalue weighted by Gasteiger charge is 2.22. The van der Waals surface area contributed by atoms with E-state index in [0.29, 0.717) is 10.9 Å². The zero-order chi connectivity index (χ0) is 7.14. The van der Waals surface area contributed by atoms with E-state index in [1.807, 2.05) is 0 Å². The van der Waals surface area contributed by atoms with Crippen LogP contribution >= 0.6 is 23.4 Å². The molecule has 0 unspecified atom stereocenters. The summed E-state index contributed by atoms with van der Waals surface area (Å²) in [5, 5.41) is 4.40. The van der Waals surface area contributed by atoms with Crippen LogP contribution in [0.5, 0.6) is 0 Å². The Balaban J connectivity index is 2.59. The summed E-state index contributed by atoms with van der Waals surface area (Å²) in [6.07, 6.45) is 0. The van der Waals surface area contributed by atoms with Crippen molar-refractivity contribution in [3.63, 3.8) is 0 Å². The smallest absolute Gasteiger partial charge is 0.259 e. The van der Waals surface area contributed by atoms with Gasteiger partial charge in [-0.05, 0) is 11.6 Å². The van der Waals surface area contributed by atoms with E-state index in [1.165, 1.54) is 16.4 Å². The normalized spacial score (nSPS) is 15.9. The Bertz CT molecular complexity index is 297. The Labute approximate surface area is 65.6 Å². The summed E-state index contributed by atoms with van der Waals surface area (Å²) >= 11 is 6.79. The maximum absolute atomic E-state index is 10.9. The van der Waals surface area contributed by atoms with Gasteiger partial charge in [-0.25, -0.2) is 0 Å². The van der Waals surface area contributed by atoms with Gasteiger partial charge in [-0.3, -0.25) is 4.79 Å². The van der Waals surface area contributed by atoms with E-state index in [9.17, 15) is 4.79 Å². The molecule has 0 atom stereocenters. The topological polar surface area (TPSA) is 47.8 Å². The SMILES string of the molecule is O=C1CSc2nc(Cl)nn21. The number of halogens is 1. The number of nitrogens with zero attached hydrogens (tertiary/aromatic N) is 3. The molecule has 10 heavy (non-hydrogen) atoms. The van der Waals surface area contributed by atoms with Crippen LogP contribution in [0, 0.1) is 0 Å². The molecule has 1 aliphatic rings. The Kier molecular flexibility index (Phi) is 1.21. The van der Waals surface area contributed by atoms with Crippen molar-refractivity contribution in [3.05, 3.63) is 5.28 Å². The first-order valence-electron chi connectivity index (χ1n) is 2.56. The van der Waals surface area contributed by atoms with Gasteiger partial charge in [0.05, 0.1) is 5.75 Å². The van der Waals surface area contributed by atoms with E-state index < -0.39 is 0 Å². The fourth-order valence-corrected chi connectivity index (χ4v) is 1.71. The molecule has 0 bridgehead atoms. The van der Waals surface area contributed by atoms with Crippen molar-refractivity contribution in [1.29, 1.82) is 0 Å². The van der Waals surface area contributed by atoms with Gasteiger partial charge in [0, 0.05) is 0 Å². The van der Waals surface area contributed by atoms with Gasteiger partial charge in [0.2, 0.25) is 5.28 Å². The van der Waals surface area contributed by atoms with Crippen LogP contribution in [-0.2, 0) is 0 Å². The van der Waals surface area contributed by atoms with E-state index in [0.717, 1.165) is 0 Å². The second kappa shape index (κ2) is 1.96. The van der Waals surface area contributed by atoms with Gasteiger partial charge in [0.1, 0.15) is 0 Å². The molecule has 0 saturated carbocycles. The minimum absolute atomic E-state index is 0.0561. The number of carbonyl (C=O) groups excluding carboxylic acids is 1. The number of hydrogen-bond acceptors (Lipinski definition) is 4. The molecule has 2 rings (SSSR count). The fraction of sp³-hybridized carbons (Fsp3) is 0.250. The summed E-state index contributed by atoms with van der Waals surface area (Å²) in [6, 6.07) is 0. The van der Waals surface area contributed by atoms with Gasteiger partial charge >= 0.3 is 0 Å². The van der Waals surface area contributed by atoms with Crippen LogP contribution in [0.15, 0.2) is 5.16 Å². The van der Waals surface area contributed by atoms with Crippen LogP contribution in [-0.4, -0.2) is 26.4 Å². The van der Waals surface area contributed by atoms with Crippen LogP contribution in [0.2, 0.25) is 5.28 Å². The Hall–Kier alpha value is -0.550. The van der Waals surface area contributed by atoms with Gasteiger partial charge in [-0.2, -0.15) is 9.67 Å². The molecule has 52 valence electrons. The number of carbonyl (C=O) groups is 1. The molecule has 0 radical (unpaired) electrons. The number of fused-ring (bicyclic) bond motifs is 1. The van der Waals surface area contributed by atoms with E-state index in [-0.39, 0.29) is 11.2 Å². The zero-order valence-corrected chi connectivity index (χ0v) is 6.32. The highest BCUT2D eigenvalue weighted by Crippen LogP contribution is 2.23. The van der Waals surface area contributed by atoms with Crippen LogP contribution in [0.1, 0.15) is 4.79 Å². The molecular weight excluding hydrogens is 174 g/mol. The van der Waals surface area contributed by atoms with Crippen molar-refractivity contribution >= 4 is 29.3 Å². The van der Waals surface area contributed by atoms with Gasteiger partial charge in [-0.15, -0.1) is 5.10 Å². The van der Waals surface area contributed by atoms with Crippen LogP contribution in [0.3, 0.4) is 0 Å². The van der Waals surface area contributed by atoms with Gasteiger partial charge < -0.3 is 0 Å². The van der Waals surface area contributed by atoms with Crippen molar-refractivity contribution in [2.75, 3.05) is 5.75 Å². The molecule has 1 aliphatic heterocycles. The Morgan fingerprint density at radius 2 is 2.50 bits per heavy atom. The van der Waals surface area contributed by atoms with E-state index in [4.69, 9.17) is 11.6 Å². The Morgan fingerprint density at radius 1 is 1.70 bits per heavy atom. The lowest BCUT2D eigenvalue weighted by molar-refractivity contribution is 0.0923. The predicted octanol–water partition coefficient (Wildman–Crippen LogP) is 0.677. The lowest BCUT2D eigenvalue weighted by Crippen LogP contribution is -2.08. The van der Waals surface area contributed by atoms with Crippen molar-refractivity contribution < 1.29 is 4.79 Å². The second-order valence-electron chi connectivity index (χ2n) is 1.76. The molecule has 0 saturated heterocycles. The molecule has 0 fully saturated rings. The van der Waals surface area contributed by atoms with E-state index in [1.54, 1.807) is 0 Å². The highest BCUT2D eigenvalue weighted by atomic mass is 35.5. The minimum Gasteiger partial charge on any atom is -0.271 e. The van der Waals surface area contributed by atoms with Crippen molar-refractivity contribution in [3.8, 4) is 0 Å². The van der Waals surface area contributed by atoms with Crippen LogP contribution in [0.4, 0.5) is 0 Å². The summed E-state index contributed by atoms with van der Waals surface area (Å²) in [5.41, 5.74) is 0. The fourth-order valence-electron chi connectivity index (χ4n) is 0.717. The van der Waals surface area contributed by atoms with Crippen molar-refractivity contribution in [1.82, 2.24) is 14.8 Å². The first-order valence-corrected chi connectivity index (χ1v) is 3.92. The lowest BCUT2D eigenvalue weighted by atomic mass is 10.7. The minimum atomic E-state index is -0.0561. The largest absolute Gasteiger partial charge is 0.271 e. The van der Waals surface area contributed by atoms with Gasteiger partial charge in [-0.1, -0.05) is 11.8 Å². The summed E-state index contributed by atoms with van der Waals surface area (Å²) in [7, 11) is 0. The molecular formula is C4H2ClN3OS. The molecule has 1 aromatic heterocycles. The third-order valence-electron chi connectivity index (χ3n) is 1.11. The number of aromatic nitrogens is 3. The van der Waals surface area contributed by atoms with Crippen LogP contribution < -0.4 is 0 Å². The molecule has 1 aromatic rings. The number of thioether (sulfide) groups is 1. The molecule has 4 nitrogen and oxygen atoms in total. The monoisotopic (exact) mass is 175 g/mol. The summed E-state index contributed by atoms with van der Waals surface area (Å²) in [5.74, 6) is 0.367. The molecule has 0 amide bonds. The summed E-state index contributed by atoms with van der Waals surface area (Å²) in [6.45, 7) is 0. The third kappa shape index (κ3) is 0.741. The second-order valence-corrected chi connectivity index (χ2v) is 3.04. The summed E-state index contributed by atoms with van der Waals surface area (Å²) < 4.78 is 1.23. The number of hydrogen-bond donors (Lipinski definition) is 0.